The standard InChI is InChI=1S/C22H26N2O3/c25-21(23-14-18-2-1-10-26-18)19-13-22(19)6-8-24(9-7-22)15-16-3-4-20-17(12-16)5-11-27-20/h1-4,10,12,19H,5-9,11,13-15H2,(H,23,25)/t19-/m1/s1. The molecule has 3 aliphatic rings. The van der Waals surface area contributed by atoms with Crippen LogP contribution in [0, 0.1) is 11.3 Å². The normalized spacial score (nSPS) is 23.0. The van der Waals surface area contributed by atoms with Crippen LogP contribution in [-0.2, 0) is 24.3 Å². The maximum atomic E-state index is 12.5. The first-order chi connectivity index (χ1) is 13.2. The van der Waals surface area contributed by atoms with Gasteiger partial charge in [0.25, 0.3) is 0 Å². The van der Waals surface area contributed by atoms with Crippen molar-refractivity contribution < 1.29 is 13.9 Å². The third kappa shape index (κ3) is 3.36. The molecule has 1 aromatic carbocycles. The van der Waals surface area contributed by atoms with Crippen LogP contribution in [0.3, 0.4) is 0 Å². The number of nitrogens with one attached hydrogen (secondary N) is 1. The molecule has 0 unspecified atom stereocenters. The number of carbonyl (C=O) groups is 1. The van der Waals surface area contributed by atoms with Crippen LogP contribution in [0.4, 0.5) is 0 Å². The van der Waals surface area contributed by atoms with Gasteiger partial charge in [-0.3, -0.25) is 9.69 Å². The monoisotopic (exact) mass is 366 g/mol. The first-order valence-electron chi connectivity index (χ1n) is 9.99. The van der Waals surface area contributed by atoms with Gasteiger partial charge in [-0.05, 0) is 67.1 Å². The fourth-order valence-electron chi connectivity index (χ4n) is 4.73. The molecule has 0 radical (unpaired) electrons. The molecular formula is C22H26N2O3. The molecule has 2 aromatic rings. The van der Waals surface area contributed by atoms with Crippen molar-refractivity contribution in [1.82, 2.24) is 10.2 Å². The summed E-state index contributed by atoms with van der Waals surface area (Å²) in [6.45, 7) is 4.46. The van der Waals surface area contributed by atoms with Gasteiger partial charge in [0.2, 0.25) is 5.91 Å². The van der Waals surface area contributed by atoms with Gasteiger partial charge in [0.1, 0.15) is 11.5 Å². The van der Waals surface area contributed by atoms with Gasteiger partial charge in [0, 0.05) is 18.9 Å². The molecule has 5 nitrogen and oxygen atoms in total. The highest BCUT2D eigenvalue weighted by molar-refractivity contribution is 5.82. The fourth-order valence-corrected chi connectivity index (χ4v) is 4.73. The lowest BCUT2D eigenvalue weighted by atomic mass is 9.90. The molecule has 142 valence electrons. The fraction of sp³-hybridized carbons (Fsp3) is 0.500. The Morgan fingerprint density at radius 3 is 2.96 bits per heavy atom. The van der Waals surface area contributed by atoms with E-state index in [2.05, 4.69) is 28.4 Å². The molecule has 0 bridgehead atoms. The maximum Gasteiger partial charge on any atom is 0.224 e. The van der Waals surface area contributed by atoms with Crippen molar-refractivity contribution in [1.29, 1.82) is 0 Å². The van der Waals surface area contributed by atoms with Crippen LogP contribution < -0.4 is 10.1 Å². The lowest BCUT2D eigenvalue weighted by Crippen LogP contribution is -2.36. The average Bonchev–Trinajstić information content (AvgIpc) is 3.07. The van der Waals surface area contributed by atoms with E-state index in [1.807, 2.05) is 12.1 Å². The van der Waals surface area contributed by atoms with Crippen LogP contribution in [0.5, 0.6) is 5.75 Å². The summed E-state index contributed by atoms with van der Waals surface area (Å²) in [4.78, 5) is 15.0. The van der Waals surface area contributed by atoms with Gasteiger partial charge in [-0.2, -0.15) is 0 Å². The van der Waals surface area contributed by atoms with E-state index in [4.69, 9.17) is 9.15 Å². The van der Waals surface area contributed by atoms with Gasteiger partial charge in [-0.15, -0.1) is 0 Å². The molecule has 1 amide bonds. The Balaban J connectivity index is 1.11. The highest BCUT2D eigenvalue weighted by atomic mass is 16.5. The predicted molar refractivity (Wildman–Crippen MR) is 101 cm³/mol. The zero-order valence-electron chi connectivity index (χ0n) is 15.6. The summed E-state index contributed by atoms with van der Waals surface area (Å²) in [5.41, 5.74) is 2.96. The Labute approximate surface area is 159 Å². The van der Waals surface area contributed by atoms with E-state index in [9.17, 15) is 4.79 Å². The molecule has 1 aliphatic carbocycles. The first kappa shape index (κ1) is 16.9. The minimum atomic E-state index is 0.187. The van der Waals surface area contributed by atoms with Gasteiger partial charge in [0.05, 0.1) is 19.4 Å². The molecule has 1 saturated heterocycles. The first-order valence-corrected chi connectivity index (χ1v) is 9.99. The van der Waals surface area contributed by atoms with Crippen molar-refractivity contribution in [3.63, 3.8) is 0 Å². The van der Waals surface area contributed by atoms with Crippen LogP contribution in [0.1, 0.15) is 36.1 Å². The van der Waals surface area contributed by atoms with Gasteiger partial charge < -0.3 is 14.5 Å². The lowest BCUT2D eigenvalue weighted by molar-refractivity contribution is -0.123. The van der Waals surface area contributed by atoms with Crippen LogP contribution in [0.2, 0.25) is 0 Å². The highest BCUT2D eigenvalue weighted by Crippen LogP contribution is 2.59. The second-order valence-corrected chi connectivity index (χ2v) is 8.23. The Morgan fingerprint density at radius 1 is 1.26 bits per heavy atom. The number of hydrogen-bond donors (Lipinski definition) is 1. The second-order valence-electron chi connectivity index (χ2n) is 8.23. The summed E-state index contributed by atoms with van der Waals surface area (Å²) in [6.07, 6.45) is 5.96. The predicted octanol–water partition coefficient (Wildman–Crippen LogP) is 3.13. The number of hydrogen-bond acceptors (Lipinski definition) is 4. The van der Waals surface area contributed by atoms with Gasteiger partial charge in [-0.25, -0.2) is 0 Å². The van der Waals surface area contributed by atoms with Crippen molar-refractivity contribution in [2.45, 2.75) is 38.8 Å². The zero-order valence-corrected chi connectivity index (χ0v) is 15.6. The van der Waals surface area contributed by atoms with Crippen molar-refractivity contribution in [2.24, 2.45) is 11.3 Å². The lowest BCUT2D eigenvalue weighted by Gasteiger charge is -2.33. The summed E-state index contributed by atoms with van der Waals surface area (Å²) in [5.74, 6) is 2.25. The SMILES string of the molecule is O=C(NCc1ccco1)[C@H]1CC12CCN(Cc1ccc3c(c1)CCO3)CC2. The van der Waals surface area contributed by atoms with Crippen molar-refractivity contribution in [3.05, 3.63) is 53.5 Å². The number of benzene rings is 1. The molecule has 2 aliphatic heterocycles. The van der Waals surface area contributed by atoms with Crippen LogP contribution >= 0.6 is 0 Å². The zero-order chi connectivity index (χ0) is 18.3. The number of piperidine rings is 1. The molecular weight excluding hydrogens is 340 g/mol. The van der Waals surface area contributed by atoms with Gasteiger partial charge >= 0.3 is 0 Å². The molecule has 2 fully saturated rings. The number of likely N-dealkylation sites (tertiary alicyclic amines) is 1. The Hall–Kier alpha value is -2.27. The molecule has 1 aromatic heterocycles. The summed E-state index contributed by atoms with van der Waals surface area (Å²) in [5, 5.41) is 3.04. The van der Waals surface area contributed by atoms with Crippen LogP contribution in [0.15, 0.2) is 41.0 Å². The molecule has 1 saturated carbocycles. The molecule has 27 heavy (non-hydrogen) atoms. The number of ether oxygens (including phenoxy) is 1. The third-order valence-electron chi connectivity index (χ3n) is 6.54. The summed E-state index contributed by atoms with van der Waals surface area (Å²) < 4.78 is 10.9. The molecule has 1 spiro atoms. The van der Waals surface area contributed by atoms with E-state index < -0.39 is 0 Å². The minimum Gasteiger partial charge on any atom is -0.493 e. The van der Waals surface area contributed by atoms with E-state index in [-0.39, 0.29) is 17.2 Å². The molecule has 5 heteroatoms. The topological polar surface area (TPSA) is 54.7 Å². The van der Waals surface area contributed by atoms with Crippen LogP contribution in [-0.4, -0.2) is 30.5 Å². The largest absolute Gasteiger partial charge is 0.493 e. The summed E-state index contributed by atoms with van der Waals surface area (Å²) >= 11 is 0. The van der Waals surface area contributed by atoms with E-state index in [1.165, 1.54) is 11.1 Å². The second kappa shape index (κ2) is 6.71. The average molecular weight is 366 g/mol. The summed E-state index contributed by atoms with van der Waals surface area (Å²) in [6, 6.07) is 10.4. The van der Waals surface area contributed by atoms with Crippen molar-refractivity contribution in [3.8, 4) is 5.75 Å². The number of furan rings is 1. The van der Waals surface area contributed by atoms with Crippen molar-refractivity contribution >= 4 is 5.91 Å². The number of rotatable bonds is 5. The van der Waals surface area contributed by atoms with E-state index >= 15 is 0 Å². The smallest absolute Gasteiger partial charge is 0.224 e. The van der Waals surface area contributed by atoms with Crippen LogP contribution in [0.25, 0.3) is 0 Å². The quantitative estimate of drug-likeness (QED) is 0.883. The summed E-state index contributed by atoms with van der Waals surface area (Å²) in [7, 11) is 0. The Morgan fingerprint density at radius 2 is 2.15 bits per heavy atom. The maximum absolute atomic E-state index is 12.5. The molecule has 3 heterocycles. The number of fused-ring (bicyclic) bond motifs is 1. The highest BCUT2D eigenvalue weighted by Gasteiger charge is 2.58. The number of nitrogens with zero attached hydrogens (tertiary/aromatic N) is 1. The Bertz CT molecular complexity index is 822. The van der Waals surface area contributed by atoms with Gasteiger partial charge in [0.15, 0.2) is 0 Å². The van der Waals surface area contributed by atoms with Crippen molar-refractivity contribution in [2.75, 3.05) is 19.7 Å². The third-order valence-corrected chi connectivity index (χ3v) is 6.54. The minimum absolute atomic E-state index is 0.187. The molecule has 5 rings (SSSR count). The number of carbonyl (C=O) groups excluding carboxylic acids is 1. The van der Waals surface area contributed by atoms with E-state index in [0.717, 1.165) is 63.4 Å². The molecule has 1 atom stereocenters. The van der Waals surface area contributed by atoms with E-state index in [1.54, 1.807) is 6.26 Å². The van der Waals surface area contributed by atoms with E-state index in [0.29, 0.717) is 6.54 Å². The molecule has 1 N–H and O–H groups in total. The number of amides is 1. The van der Waals surface area contributed by atoms with Gasteiger partial charge in [-0.1, -0.05) is 12.1 Å². The Kier molecular flexibility index (Phi) is 4.20.